The number of nitrogens with two attached hydrogens (primary N) is 1. The number of nitrogens with one attached hydrogen (secondary N) is 1. The highest BCUT2D eigenvalue weighted by Gasteiger charge is 2.09. The van der Waals surface area contributed by atoms with Gasteiger partial charge in [-0.3, -0.25) is 0 Å². The average molecular weight is 173 g/mol. The van der Waals surface area contributed by atoms with Crippen LogP contribution in [0.1, 0.15) is 17.4 Å². The van der Waals surface area contributed by atoms with Crippen LogP contribution < -0.4 is 5.73 Å². The van der Waals surface area contributed by atoms with Crippen LogP contribution in [-0.4, -0.2) is 9.97 Å². The molecule has 0 saturated carbocycles. The summed E-state index contributed by atoms with van der Waals surface area (Å²) < 4.78 is 0. The van der Waals surface area contributed by atoms with Crippen LogP contribution in [0, 0.1) is 0 Å². The number of benzene rings is 1. The maximum Gasteiger partial charge on any atom is 0.127 e. The van der Waals surface area contributed by atoms with Crippen molar-refractivity contribution < 1.29 is 0 Å². The molecule has 0 saturated heterocycles. The molecule has 0 aliphatic rings. The smallest absolute Gasteiger partial charge is 0.127 e. The maximum atomic E-state index is 5.97. The largest absolute Gasteiger partial charge is 0.347 e. The van der Waals surface area contributed by atoms with Crippen LogP contribution in [0.3, 0.4) is 0 Å². The summed E-state index contributed by atoms with van der Waals surface area (Å²) in [6, 6.07) is 9.74. The van der Waals surface area contributed by atoms with Gasteiger partial charge in [0.2, 0.25) is 0 Å². The predicted octanol–water partition coefficient (Wildman–Crippen LogP) is 1.46. The molecule has 0 aliphatic heterocycles. The zero-order chi connectivity index (χ0) is 9.10. The van der Waals surface area contributed by atoms with Crippen molar-refractivity contribution in [1.82, 2.24) is 9.97 Å². The molecule has 2 rings (SSSR count). The molecule has 0 radical (unpaired) electrons. The second kappa shape index (κ2) is 3.41. The number of rotatable bonds is 2. The molecule has 3 N–H and O–H groups in total. The molecule has 2 aromatic rings. The molecule has 0 unspecified atom stereocenters. The van der Waals surface area contributed by atoms with Crippen molar-refractivity contribution in [3.8, 4) is 0 Å². The van der Waals surface area contributed by atoms with Gasteiger partial charge in [-0.1, -0.05) is 30.3 Å². The van der Waals surface area contributed by atoms with Crippen LogP contribution in [0.4, 0.5) is 0 Å². The van der Waals surface area contributed by atoms with Gasteiger partial charge in [-0.2, -0.15) is 0 Å². The number of hydrogen-bond donors (Lipinski definition) is 2. The molecule has 0 amide bonds. The first-order chi connectivity index (χ1) is 6.38. The number of imidazole rings is 1. The molecule has 1 heterocycles. The van der Waals surface area contributed by atoms with Crippen LogP contribution in [0.25, 0.3) is 0 Å². The van der Waals surface area contributed by atoms with Gasteiger partial charge in [-0.15, -0.1) is 0 Å². The van der Waals surface area contributed by atoms with Crippen molar-refractivity contribution in [1.29, 1.82) is 0 Å². The summed E-state index contributed by atoms with van der Waals surface area (Å²) in [5.74, 6) is 0.797. The quantitative estimate of drug-likeness (QED) is 0.722. The van der Waals surface area contributed by atoms with Crippen molar-refractivity contribution in [2.45, 2.75) is 6.04 Å². The molecule has 3 heteroatoms. The van der Waals surface area contributed by atoms with Crippen LogP contribution in [-0.2, 0) is 0 Å². The minimum atomic E-state index is -0.156. The van der Waals surface area contributed by atoms with Crippen LogP contribution >= 0.6 is 0 Å². The minimum Gasteiger partial charge on any atom is -0.347 e. The first kappa shape index (κ1) is 8.01. The Labute approximate surface area is 76.6 Å². The zero-order valence-corrected chi connectivity index (χ0v) is 7.14. The fourth-order valence-corrected chi connectivity index (χ4v) is 1.27. The van der Waals surface area contributed by atoms with Crippen molar-refractivity contribution >= 4 is 0 Å². The highest BCUT2D eigenvalue weighted by atomic mass is 14.9. The number of nitrogens with zero attached hydrogens (tertiary/aromatic N) is 1. The Bertz CT molecular complexity index is 353. The van der Waals surface area contributed by atoms with E-state index < -0.39 is 0 Å². The van der Waals surface area contributed by atoms with Crippen molar-refractivity contribution in [3.63, 3.8) is 0 Å². The average Bonchev–Trinajstić information content (AvgIpc) is 2.71. The van der Waals surface area contributed by atoms with Gasteiger partial charge < -0.3 is 10.7 Å². The molecule has 0 fully saturated rings. The van der Waals surface area contributed by atoms with Gasteiger partial charge in [0, 0.05) is 12.4 Å². The van der Waals surface area contributed by atoms with Gasteiger partial charge in [0.15, 0.2) is 0 Å². The third kappa shape index (κ3) is 1.60. The predicted molar refractivity (Wildman–Crippen MR) is 51.1 cm³/mol. The lowest BCUT2D eigenvalue weighted by molar-refractivity contribution is 0.801. The van der Waals surface area contributed by atoms with Crippen LogP contribution in [0.15, 0.2) is 42.7 Å². The zero-order valence-electron chi connectivity index (χ0n) is 7.14. The summed E-state index contributed by atoms with van der Waals surface area (Å²) in [6.45, 7) is 0. The topological polar surface area (TPSA) is 54.7 Å². The Morgan fingerprint density at radius 1 is 1.23 bits per heavy atom. The second-order valence-electron chi connectivity index (χ2n) is 2.86. The Morgan fingerprint density at radius 2 is 2.00 bits per heavy atom. The standard InChI is InChI=1S/C10H11N3/c11-9(10-12-6-7-13-10)8-4-2-1-3-5-8/h1-7,9H,11H2,(H,12,13)/t9-/m1/s1. The summed E-state index contributed by atoms with van der Waals surface area (Å²) in [5, 5.41) is 0. The van der Waals surface area contributed by atoms with E-state index in [1.54, 1.807) is 12.4 Å². The number of aromatic nitrogens is 2. The van der Waals surface area contributed by atoms with Gasteiger partial charge in [0.1, 0.15) is 5.82 Å². The van der Waals surface area contributed by atoms with E-state index in [-0.39, 0.29) is 6.04 Å². The fraction of sp³-hybridized carbons (Fsp3) is 0.100. The molecule has 1 atom stereocenters. The van der Waals surface area contributed by atoms with E-state index in [0.717, 1.165) is 11.4 Å². The summed E-state index contributed by atoms with van der Waals surface area (Å²) in [4.78, 5) is 7.11. The molecule has 13 heavy (non-hydrogen) atoms. The molecule has 0 aliphatic carbocycles. The molecule has 3 nitrogen and oxygen atoms in total. The lowest BCUT2D eigenvalue weighted by Crippen LogP contribution is -2.13. The highest BCUT2D eigenvalue weighted by Crippen LogP contribution is 2.14. The molecule has 66 valence electrons. The third-order valence-corrected chi connectivity index (χ3v) is 1.97. The fourth-order valence-electron chi connectivity index (χ4n) is 1.27. The lowest BCUT2D eigenvalue weighted by Gasteiger charge is -2.07. The van der Waals surface area contributed by atoms with Crippen LogP contribution in [0.5, 0.6) is 0 Å². The Hall–Kier alpha value is -1.61. The van der Waals surface area contributed by atoms with Gasteiger partial charge in [0.05, 0.1) is 6.04 Å². The Morgan fingerprint density at radius 3 is 2.62 bits per heavy atom. The van der Waals surface area contributed by atoms with Gasteiger partial charge in [-0.25, -0.2) is 4.98 Å². The van der Waals surface area contributed by atoms with E-state index in [2.05, 4.69) is 9.97 Å². The van der Waals surface area contributed by atoms with E-state index in [1.165, 1.54) is 0 Å². The van der Waals surface area contributed by atoms with E-state index in [4.69, 9.17) is 5.73 Å². The lowest BCUT2D eigenvalue weighted by atomic mass is 10.1. The van der Waals surface area contributed by atoms with Crippen molar-refractivity contribution in [2.75, 3.05) is 0 Å². The van der Waals surface area contributed by atoms with Crippen molar-refractivity contribution in [3.05, 3.63) is 54.1 Å². The minimum absolute atomic E-state index is 0.156. The van der Waals surface area contributed by atoms with Gasteiger partial charge >= 0.3 is 0 Å². The number of aromatic amines is 1. The summed E-state index contributed by atoms with van der Waals surface area (Å²) >= 11 is 0. The normalized spacial score (nSPS) is 12.7. The van der Waals surface area contributed by atoms with Crippen LogP contribution in [0.2, 0.25) is 0 Å². The number of hydrogen-bond acceptors (Lipinski definition) is 2. The van der Waals surface area contributed by atoms with E-state index in [1.807, 2.05) is 30.3 Å². The van der Waals surface area contributed by atoms with Gasteiger partial charge in [-0.05, 0) is 5.56 Å². The monoisotopic (exact) mass is 173 g/mol. The molecular weight excluding hydrogens is 162 g/mol. The maximum absolute atomic E-state index is 5.97. The van der Waals surface area contributed by atoms with E-state index in [9.17, 15) is 0 Å². The first-order valence-corrected chi connectivity index (χ1v) is 4.18. The second-order valence-corrected chi connectivity index (χ2v) is 2.86. The summed E-state index contributed by atoms with van der Waals surface area (Å²) in [5.41, 5.74) is 7.03. The summed E-state index contributed by atoms with van der Waals surface area (Å²) in [6.07, 6.45) is 3.48. The first-order valence-electron chi connectivity index (χ1n) is 4.18. The molecule has 1 aromatic heterocycles. The molecule has 1 aromatic carbocycles. The van der Waals surface area contributed by atoms with E-state index >= 15 is 0 Å². The Kier molecular flexibility index (Phi) is 2.10. The molecule has 0 spiro atoms. The summed E-state index contributed by atoms with van der Waals surface area (Å²) in [7, 11) is 0. The van der Waals surface area contributed by atoms with Gasteiger partial charge in [0.25, 0.3) is 0 Å². The molecule has 0 bridgehead atoms. The Balaban J connectivity index is 2.29. The number of H-pyrrole nitrogens is 1. The van der Waals surface area contributed by atoms with Crippen molar-refractivity contribution in [2.24, 2.45) is 5.73 Å². The molecular formula is C10H11N3. The van der Waals surface area contributed by atoms with E-state index in [0.29, 0.717) is 0 Å². The SMILES string of the molecule is N[C@H](c1ccccc1)c1ncc[nH]1. The third-order valence-electron chi connectivity index (χ3n) is 1.97. The highest BCUT2D eigenvalue weighted by molar-refractivity contribution is 5.23.